The molecule has 0 saturated carbocycles. The Kier molecular flexibility index (Phi) is 5.22. The molecule has 0 atom stereocenters. The number of halogens is 3. The van der Waals surface area contributed by atoms with Gasteiger partial charge in [-0.25, -0.2) is 9.97 Å². The Hall–Kier alpha value is -2.15. The molecule has 3 rings (SSSR count). The molecule has 25 heavy (non-hydrogen) atoms. The molecule has 134 valence electrons. The minimum atomic E-state index is -4.28. The number of aromatic nitrogens is 2. The fraction of sp³-hybridized carbons (Fsp3) is 0.444. The molecule has 4 nitrogen and oxygen atoms in total. The number of piperidine rings is 1. The van der Waals surface area contributed by atoms with E-state index in [0.29, 0.717) is 12.6 Å². The SMILES string of the molecule is Cc1cc(NC2CCN(Cc3ccc(C(F)(F)F)cc3)CC2)ncn1. The van der Waals surface area contributed by atoms with Crippen molar-refractivity contribution in [3.8, 4) is 0 Å². The Morgan fingerprint density at radius 3 is 2.40 bits per heavy atom. The first kappa shape index (κ1) is 17.7. The van der Waals surface area contributed by atoms with Crippen molar-refractivity contribution in [2.24, 2.45) is 0 Å². The van der Waals surface area contributed by atoms with Crippen LogP contribution in [-0.2, 0) is 12.7 Å². The molecule has 1 aromatic heterocycles. The third kappa shape index (κ3) is 4.92. The molecular weight excluding hydrogens is 329 g/mol. The van der Waals surface area contributed by atoms with Crippen molar-refractivity contribution in [3.05, 3.63) is 53.5 Å². The maximum atomic E-state index is 12.6. The van der Waals surface area contributed by atoms with E-state index in [1.807, 2.05) is 13.0 Å². The molecule has 0 bridgehead atoms. The maximum absolute atomic E-state index is 12.6. The van der Waals surface area contributed by atoms with Gasteiger partial charge in [-0.05, 0) is 37.5 Å². The molecule has 0 amide bonds. The Bertz CT molecular complexity index is 692. The first-order chi connectivity index (χ1) is 11.9. The van der Waals surface area contributed by atoms with Crippen molar-refractivity contribution in [2.75, 3.05) is 18.4 Å². The van der Waals surface area contributed by atoms with E-state index in [4.69, 9.17) is 0 Å². The first-order valence-electron chi connectivity index (χ1n) is 8.34. The van der Waals surface area contributed by atoms with E-state index in [0.717, 1.165) is 55.1 Å². The molecule has 2 heterocycles. The molecule has 0 spiro atoms. The molecule has 0 unspecified atom stereocenters. The van der Waals surface area contributed by atoms with E-state index < -0.39 is 11.7 Å². The molecule has 0 radical (unpaired) electrons. The van der Waals surface area contributed by atoms with Crippen LogP contribution in [0.15, 0.2) is 36.7 Å². The number of aryl methyl sites for hydroxylation is 1. The second-order valence-corrected chi connectivity index (χ2v) is 6.43. The highest BCUT2D eigenvalue weighted by atomic mass is 19.4. The number of hydrogen-bond acceptors (Lipinski definition) is 4. The van der Waals surface area contributed by atoms with Gasteiger partial charge < -0.3 is 5.32 Å². The van der Waals surface area contributed by atoms with Gasteiger partial charge in [-0.15, -0.1) is 0 Å². The van der Waals surface area contributed by atoms with Crippen molar-refractivity contribution >= 4 is 5.82 Å². The largest absolute Gasteiger partial charge is 0.416 e. The molecule has 1 saturated heterocycles. The average molecular weight is 350 g/mol. The molecule has 2 aromatic rings. The summed E-state index contributed by atoms with van der Waals surface area (Å²) in [7, 11) is 0. The topological polar surface area (TPSA) is 41.0 Å². The molecule has 1 aliphatic rings. The highest BCUT2D eigenvalue weighted by Gasteiger charge is 2.30. The predicted octanol–water partition coefficient (Wildman–Crippen LogP) is 3.88. The van der Waals surface area contributed by atoms with E-state index in [1.54, 1.807) is 18.5 Å². The van der Waals surface area contributed by atoms with Crippen LogP contribution < -0.4 is 5.32 Å². The Balaban J connectivity index is 1.49. The van der Waals surface area contributed by atoms with Crippen LogP contribution in [0.5, 0.6) is 0 Å². The van der Waals surface area contributed by atoms with Crippen molar-refractivity contribution in [1.82, 2.24) is 14.9 Å². The van der Waals surface area contributed by atoms with Gasteiger partial charge in [0.1, 0.15) is 12.1 Å². The number of rotatable bonds is 4. The van der Waals surface area contributed by atoms with Crippen LogP contribution in [0.3, 0.4) is 0 Å². The van der Waals surface area contributed by atoms with Gasteiger partial charge in [-0.2, -0.15) is 13.2 Å². The summed E-state index contributed by atoms with van der Waals surface area (Å²) in [6.45, 7) is 4.42. The highest BCUT2D eigenvalue weighted by molar-refractivity contribution is 5.35. The molecule has 0 aliphatic carbocycles. The van der Waals surface area contributed by atoms with Crippen LogP contribution in [-0.4, -0.2) is 34.0 Å². The normalized spacial score (nSPS) is 16.8. The van der Waals surface area contributed by atoms with Gasteiger partial charge in [-0.1, -0.05) is 12.1 Å². The Labute approximate surface area is 145 Å². The van der Waals surface area contributed by atoms with Crippen LogP contribution in [0.2, 0.25) is 0 Å². The van der Waals surface area contributed by atoms with E-state index in [-0.39, 0.29) is 0 Å². The van der Waals surface area contributed by atoms with Gasteiger partial charge in [-0.3, -0.25) is 4.90 Å². The number of benzene rings is 1. The van der Waals surface area contributed by atoms with Gasteiger partial charge in [0.2, 0.25) is 0 Å². The number of hydrogen-bond donors (Lipinski definition) is 1. The van der Waals surface area contributed by atoms with Crippen LogP contribution in [0, 0.1) is 6.92 Å². The van der Waals surface area contributed by atoms with Crippen LogP contribution >= 0.6 is 0 Å². The Morgan fingerprint density at radius 2 is 1.80 bits per heavy atom. The number of anilines is 1. The summed E-state index contributed by atoms with van der Waals surface area (Å²) < 4.78 is 37.8. The average Bonchev–Trinajstić information content (AvgIpc) is 2.56. The lowest BCUT2D eigenvalue weighted by Gasteiger charge is -2.32. The third-order valence-corrected chi connectivity index (χ3v) is 4.43. The summed E-state index contributed by atoms with van der Waals surface area (Å²) in [5, 5.41) is 3.43. The van der Waals surface area contributed by atoms with Crippen molar-refractivity contribution in [3.63, 3.8) is 0 Å². The first-order valence-corrected chi connectivity index (χ1v) is 8.34. The summed E-state index contributed by atoms with van der Waals surface area (Å²) >= 11 is 0. The molecular formula is C18H21F3N4. The molecule has 7 heteroatoms. The smallest absolute Gasteiger partial charge is 0.367 e. The summed E-state index contributed by atoms with van der Waals surface area (Å²) in [6, 6.07) is 7.72. The van der Waals surface area contributed by atoms with Crippen LogP contribution in [0.4, 0.5) is 19.0 Å². The van der Waals surface area contributed by atoms with E-state index >= 15 is 0 Å². The van der Waals surface area contributed by atoms with Crippen molar-refractivity contribution < 1.29 is 13.2 Å². The number of alkyl halides is 3. The molecule has 1 fully saturated rings. The van der Waals surface area contributed by atoms with E-state index in [1.165, 1.54) is 0 Å². The summed E-state index contributed by atoms with van der Waals surface area (Å²) in [6.07, 6.45) is -0.771. The minimum absolute atomic E-state index is 0.359. The second-order valence-electron chi connectivity index (χ2n) is 6.43. The Morgan fingerprint density at radius 1 is 1.12 bits per heavy atom. The van der Waals surface area contributed by atoms with Crippen LogP contribution in [0.1, 0.15) is 29.7 Å². The number of likely N-dealkylation sites (tertiary alicyclic amines) is 1. The van der Waals surface area contributed by atoms with Gasteiger partial charge >= 0.3 is 6.18 Å². The molecule has 1 N–H and O–H groups in total. The van der Waals surface area contributed by atoms with Crippen molar-refractivity contribution in [1.29, 1.82) is 0 Å². The molecule has 1 aromatic carbocycles. The fourth-order valence-electron chi connectivity index (χ4n) is 3.04. The quantitative estimate of drug-likeness (QED) is 0.909. The van der Waals surface area contributed by atoms with Gasteiger partial charge in [0.05, 0.1) is 5.56 Å². The zero-order valence-electron chi connectivity index (χ0n) is 14.1. The highest BCUT2D eigenvalue weighted by Crippen LogP contribution is 2.29. The van der Waals surface area contributed by atoms with E-state index in [2.05, 4.69) is 20.2 Å². The fourth-order valence-corrected chi connectivity index (χ4v) is 3.04. The standard InChI is InChI=1S/C18H21F3N4/c1-13-10-17(23-12-22-13)24-16-6-8-25(9-7-16)11-14-2-4-15(5-3-14)18(19,20)21/h2-5,10,12,16H,6-9,11H2,1H3,(H,22,23,24). The summed E-state index contributed by atoms with van der Waals surface area (Å²) in [4.78, 5) is 10.6. The zero-order valence-corrected chi connectivity index (χ0v) is 14.1. The van der Waals surface area contributed by atoms with E-state index in [9.17, 15) is 13.2 Å². The van der Waals surface area contributed by atoms with Gasteiger partial charge in [0.25, 0.3) is 0 Å². The summed E-state index contributed by atoms with van der Waals surface area (Å²) in [5.41, 5.74) is 1.24. The van der Waals surface area contributed by atoms with Crippen LogP contribution in [0.25, 0.3) is 0 Å². The lowest BCUT2D eigenvalue weighted by molar-refractivity contribution is -0.137. The lowest BCUT2D eigenvalue weighted by atomic mass is 10.0. The number of nitrogens with zero attached hydrogens (tertiary/aromatic N) is 3. The monoisotopic (exact) mass is 350 g/mol. The summed E-state index contributed by atoms with van der Waals surface area (Å²) in [5.74, 6) is 0.841. The van der Waals surface area contributed by atoms with Gasteiger partial charge in [0, 0.05) is 37.4 Å². The maximum Gasteiger partial charge on any atom is 0.416 e. The van der Waals surface area contributed by atoms with Gasteiger partial charge in [0.15, 0.2) is 0 Å². The second kappa shape index (κ2) is 7.39. The predicted molar refractivity (Wildman–Crippen MR) is 90.1 cm³/mol. The minimum Gasteiger partial charge on any atom is -0.367 e. The van der Waals surface area contributed by atoms with Crippen molar-refractivity contribution in [2.45, 2.75) is 38.5 Å². The number of nitrogens with one attached hydrogen (secondary N) is 1. The lowest BCUT2D eigenvalue weighted by Crippen LogP contribution is -2.38. The third-order valence-electron chi connectivity index (χ3n) is 4.43. The molecule has 1 aliphatic heterocycles. The zero-order chi connectivity index (χ0) is 17.9.